The predicted molar refractivity (Wildman–Crippen MR) is 273 cm³/mol. The Bertz CT molecular complexity index is 3900. The molecule has 0 saturated heterocycles. The van der Waals surface area contributed by atoms with Gasteiger partial charge in [-0.2, -0.15) is 0 Å². The fourth-order valence-corrected chi connectivity index (χ4v) is 12.8. The zero-order valence-corrected chi connectivity index (χ0v) is 36.4. The molecule has 15 rings (SSSR count). The minimum absolute atomic E-state index is 0.500. The Hall–Kier alpha value is -8.66. The lowest BCUT2D eigenvalue weighted by atomic mass is 9.52. The van der Waals surface area contributed by atoms with Crippen LogP contribution in [0.3, 0.4) is 0 Å². The van der Waals surface area contributed by atoms with Crippen molar-refractivity contribution in [3.63, 3.8) is 0 Å². The Morgan fingerprint density at radius 1 is 0.299 bits per heavy atom. The molecule has 0 unspecified atom stereocenters. The molecule has 10 aromatic carbocycles. The normalized spacial score (nSPS) is 14.2. The number of nitrogens with zero attached hydrogens (tertiary/aromatic N) is 3. The van der Waals surface area contributed by atoms with Crippen molar-refractivity contribution in [1.82, 2.24) is 14.5 Å². The molecule has 0 bridgehead atoms. The maximum Gasteiger partial charge on any atom is 0.235 e. The second kappa shape index (κ2) is 13.4. The van der Waals surface area contributed by atoms with E-state index in [4.69, 9.17) is 9.97 Å². The lowest BCUT2D eigenvalue weighted by Crippen LogP contribution is -2.43. The first kappa shape index (κ1) is 36.7. The van der Waals surface area contributed by atoms with Crippen molar-refractivity contribution in [2.24, 2.45) is 0 Å². The number of hydrogen-bond donors (Lipinski definition) is 0. The van der Waals surface area contributed by atoms with Crippen molar-refractivity contribution >= 4 is 32.6 Å². The van der Waals surface area contributed by atoms with Crippen molar-refractivity contribution in [1.29, 1.82) is 0 Å². The highest BCUT2D eigenvalue weighted by atomic mass is 15.2. The summed E-state index contributed by atoms with van der Waals surface area (Å²) in [5.41, 5.74) is 20.6. The largest absolute Gasteiger partial charge is 0.277 e. The second-order valence-electron chi connectivity index (χ2n) is 18.3. The fraction of sp³-hybridized carbons (Fsp3) is 0.0312. The molecule has 3 heteroatoms. The van der Waals surface area contributed by atoms with Crippen LogP contribution in [0.1, 0.15) is 44.5 Å². The van der Waals surface area contributed by atoms with E-state index in [9.17, 15) is 0 Å². The summed E-state index contributed by atoms with van der Waals surface area (Å²) in [6, 6.07) is 87.6. The number of fused-ring (bicyclic) bond motifs is 21. The highest BCUT2D eigenvalue weighted by molar-refractivity contribution is 6.19. The van der Waals surface area contributed by atoms with Gasteiger partial charge in [-0.15, -0.1) is 0 Å². The van der Waals surface area contributed by atoms with Crippen LogP contribution in [0.2, 0.25) is 0 Å². The maximum atomic E-state index is 5.49. The zero-order chi connectivity index (χ0) is 43.8. The highest BCUT2D eigenvalue weighted by Crippen LogP contribution is 2.67. The smallest absolute Gasteiger partial charge is 0.235 e. The average molecular weight is 850 g/mol. The Balaban J connectivity index is 1.09. The van der Waals surface area contributed by atoms with E-state index < -0.39 is 10.8 Å². The van der Waals surface area contributed by atoms with Crippen LogP contribution in [-0.4, -0.2) is 14.5 Å². The first-order valence-electron chi connectivity index (χ1n) is 23.2. The van der Waals surface area contributed by atoms with Crippen LogP contribution in [0.25, 0.3) is 83.3 Å². The molecular formula is C64H39N3. The molecule has 0 saturated carbocycles. The summed E-state index contributed by atoms with van der Waals surface area (Å²) in [7, 11) is 0. The topological polar surface area (TPSA) is 30.7 Å². The van der Waals surface area contributed by atoms with E-state index in [2.05, 4.69) is 241 Å². The van der Waals surface area contributed by atoms with Crippen LogP contribution in [0.15, 0.2) is 237 Å². The monoisotopic (exact) mass is 849 g/mol. The van der Waals surface area contributed by atoms with Gasteiger partial charge in [0.2, 0.25) is 5.95 Å². The lowest BCUT2D eigenvalue weighted by molar-refractivity contribution is 0.633. The molecule has 67 heavy (non-hydrogen) atoms. The molecule has 2 heterocycles. The third-order valence-electron chi connectivity index (χ3n) is 15.3. The van der Waals surface area contributed by atoms with Gasteiger partial charge in [0.1, 0.15) is 0 Å². The summed E-state index contributed by atoms with van der Waals surface area (Å²) in [5.74, 6) is 0.645. The van der Waals surface area contributed by atoms with Gasteiger partial charge in [0.15, 0.2) is 0 Å². The first-order chi connectivity index (χ1) is 33.2. The van der Waals surface area contributed by atoms with E-state index in [1.54, 1.807) is 0 Å². The minimum Gasteiger partial charge on any atom is -0.277 e. The third-order valence-corrected chi connectivity index (χ3v) is 15.3. The molecule has 3 aliphatic rings. The molecule has 0 N–H and O–H groups in total. The number of rotatable bonds is 3. The van der Waals surface area contributed by atoms with Gasteiger partial charge in [0.05, 0.1) is 33.3 Å². The Morgan fingerprint density at radius 2 is 0.731 bits per heavy atom. The second-order valence-corrected chi connectivity index (χ2v) is 18.3. The summed E-state index contributed by atoms with van der Waals surface area (Å²) in [5, 5.41) is 4.68. The van der Waals surface area contributed by atoms with E-state index >= 15 is 0 Å². The molecule has 2 aromatic heterocycles. The molecule has 0 radical (unpaired) electrons. The van der Waals surface area contributed by atoms with E-state index in [1.165, 1.54) is 82.9 Å². The van der Waals surface area contributed by atoms with Crippen LogP contribution in [0, 0.1) is 0 Å². The average Bonchev–Trinajstić information content (AvgIpc) is 4.00. The van der Waals surface area contributed by atoms with Gasteiger partial charge in [-0.05, 0) is 90.3 Å². The molecule has 12 aromatic rings. The molecule has 3 aliphatic carbocycles. The molecule has 0 amide bonds. The van der Waals surface area contributed by atoms with E-state index in [0.29, 0.717) is 5.95 Å². The SMILES string of the molecule is c1ccc(-c2cc(-c3ccccc3)nc(-n3c4cc5c(cc4c4ccc6ccccc6c43)C3(c4ccccc4-5)c4ccccc4C4(c5ccccc5-c5ccccc54)c4ccccc43)n2)cc1. The van der Waals surface area contributed by atoms with Crippen molar-refractivity contribution in [2.45, 2.75) is 10.8 Å². The van der Waals surface area contributed by atoms with Crippen molar-refractivity contribution in [2.75, 3.05) is 0 Å². The molecule has 0 atom stereocenters. The lowest BCUT2D eigenvalue weighted by Gasteiger charge is -2.48. The Labute approximate surface area is 388 Å². The highest BCUT2D eigenvalue weighted by Gasteiger charge is 2.59. The maximum absolute atomic E-state index is 5.49. The van der Waals surface area contributed by atoms with E-state index in [1.807, 2.05) is 0 Å². The number of hydrogen-bond acceptors (Lipinski definition) is 2. The van der Waals surface area contributed by atoms with Gasteiger partial charge in [0, 0.05) is 27.3 Å². The molecular weight excluding hydrogens is 811 g/mol. The number of aromatic nitrogens is 3. The van der Waals surface area contributed by atoms with Crippen LogP contribution in [-0.2, 0) is 10.8 Å². The number of benzene rings is 10. The quantitative estimate of drug-likeness (QED) is 0.177. The Kier molecular flexibility index (Phi) is 7.36. The van der Waals surface area contributed by atoms with Gasteiger partial charge in [-0.25, -0.2) is 9.97 Å². The van der Waals surface area contributed by atoms with Crippen LogP contribution in [0.4, 0.5) is 0 Å². The molecule has 2 spiro atoms. The van der Waals surface area contributed by atoms with Crippen molar-refractivity contribution in [3.05, 3.63) is 281 Å². The van der Waals surface area contributed by atoms with Crippen LogP contribution in [0.5, 0.6) is 0 Å². The Morgan fingerprint density at radius 3 is 1.27 bits per heavy atom. The molecule has 3 nitrogen and oxygen atoms in total. The molecule has 0 fully saturated rings. The van der Waals surface area contributed by atoms with Gasteiger partial charge < -0.3 is 0 Å². The van der Waals surface area contributed by atoms with Crippen molar-refractivity contribution in [3.8, 4) is 50.7 Å². The standard InChI is InChI=1S/C64H39N3/c1-3-20-41(21-4-1)58-39-59(42-22-5-2-6-23-42)66-62(65-58)67-60-38-48-46-27-11-14-30-52(46)64(57(48)37-49(60)47-36-35-40-19-7-8-24-43(40)61(47)67)55-33-17-15-31-53(55)63(54-32-16-18-34-56(54)64)50-28-12-9-25-44(50)45-26-10-13-29-51(45)63/h1-39H. The van der Waals surface area contributed by atoms with Gasteiger partial charge >= 0.3 is 0 Å². The third kappa shape index (κ3) is 4.65. The van der Waals surface area contributed by atoms with Gasteiger partial charge in [-0.1, -0.05) is 218 Å². The molecule has 0 aliphatic heterocycles. The van der Waals surface area contributed by atoms with Gasteiger partial charge in [-0.3, -0.25) is 4.57 Å². The summed E-state index contributed by atoms with van der Waals surface area (Å²) < 4.78 is 2.35. The molecule has 310 valence electrons. The van der Waals surface area contributed by atoms with Gasteiger partial charge in [0.25, 0.3) is 0 Å². The minimum atomic E-state index is -0.611. The van der Waals surface area contributed by atoms with Crippen LogP contribution >= 0.6 is 0 Å². The van der Waals surface area contributed by atoms with Crippen molar-refractivity contribution < 1.29 is 0 Å². The predicted octanol–water partition coefficient (Wildman–Crippen LogP) is 15.1. The van der Waals surface area contributed by atoms with E-state index in [0.717, 1.165) is 38.9 Å². The summed E-state index contributed by atoms with van der Waals surface area (Å²) >= 11 is 0. The summed E-state index contributed by atoms with van der Waals surface area (Å²) in [4.78, 5) is 11.0. The zero-order valence-electron chi connectivity index (χ0n) is 36.4. The first-order valence-corrected chi connectivity index (χ1v) is 23.2. The van der Waals surface area contributed by atoms with E-state index in [-0.39, 0.29) is 0 Å². The van der Waals surface area contributed by atoms with Crippen LogP contribution < -0.4 is 0 Å². The fourth-order valence-electron chi connectivity index (χ4n) is 12.8. The summed E-state index contributed by atoms with van der Waals surface area (Å²) in [6.07, 6.45) is 0. The summed E-state index contributed by atoms with van der Waals surface area (Å²) in [6.45, 7) is 0.